The van der Waals surface area contributed by atoms with Crippen molar-refractivity contribution in [1.82, 2.24) is 20.0 Å². The van der Waals surface area contributed by atoms with Crippen LogP contribution in [0.1, 0.15) is 24.1 Å². The zero-order valence-corrected chi connectivity index (χ0v) is 15.8. The number of carbonyl (C=O) groups excluding carboxylic acids is 1. The second kappa shape index (κ2) is 9.31. The number of alkyl halides is 2. The maximum Gasteiger partial charge on any atom is 0.387 e. The largest absolute Gasteiger partial charge is 0.490 e. The van der Waals surface area contributed by atoms with Gasteiger partial charge in [-0.3, -0.25) is 9.48 Å². The summed E-state index contributed by atoms with van der Waals surface area (Å²) in [7, 11) is 5.16. The van der Waals surface area contributed by atoms with Gasteiger partial charge in [0, 0.05) is 32.4 Å². The molecule has 0 fully saturated rings. The van der Waals surface area contributed by atoms with Crippen LogP contribution < -0.4 is 14.8 Å². The topological polar surface area (TPSA) is 68.6 Å². The molecular weight excluding hydrogens is 358 g/mol. The van der Waals surface area contributed by atoms with Crippen LogP contribution in [0, 0.1) is 0 Å². The third-order valence-electron chi connectivity index (χ3n) is 3.91. The van der Waals surface area contributed by atoms with Gasteiger partial charge in [-0.05, 0) is 31.7 Å². The maximum atomic E-state index is 12.8. The smallest absolute Gasteiger partial charge is 0.387 e. The van der Waals surface area contributed by atoms with Crippen molar-refractivity contribution in [3.8, 4) is 11.5 Å². The van der Waals surface area contributed by atoms with Crippen LogP contribution in [0.4, 0.5) is 8.78 Å². The van der Waals surface area contributed by atoms with Gasteiger partial charge in [0.2, 0.25) is 5.91 Å². The average molecular weight is 382 g/mol. The molecule has 2 aromatic rings. The number of nitrogens with zero attached hydrogens (tertiary/aromatic N) is 3. The van der Waals surface area contributed by atoms with Crippen LogP contribution in [0.15, 0.2) is 30.6 Å². The highest BCUT2D eigenvalue weighted by Crippen LogP contribution is 2.30. The number of ether oxygens (including phenoxy) is 2. The summed E-state index contributed by atoms with van der Waals surface area (Å²) in [6.45, 7) is -0.595. The van der Waals surface area contributed by atoms with Gasteiger partial charge in [-0.2, -0.15) is 13.9 Å². The summed E-state index contributed by atoms with van der Waals surface area (Å²) in [5.41, 5.74) is 1.49. The van der Waals surface area contributed by atoms with Gasteiger partial charge >= 0.3 is 6.61 Å². The molecule has 1 atom stereocenters. The van der Waals surface area contributed by atoms with E-state index in [0.29, 0.717) is 6.61 Å². The Labute approximate surface area is 156 Å². The van der Waals surface area contributed by atoms with Gasteiger partial charge in [-0.15, -0.1) is 0 Å². The SMILES string of the molecule is CCOc1cc(CN(C)C(=O)C(NC)c2cnn(C)c2)ccc1OC(F)F. The zero-order valence-electron chi connectivity index (χ0n) is 15.8. The molecule has 1 heterocycles. The summed E-state index contributed by atoms with van der Waals surface area (Å²) in [5.74, 6) is 0.0398. The van der Waals surface area contributed by atoms with Crippen LogP contribution in [0.3, 0.4) is 0 Å². The second-order valence-corrected chi connectivity index (χ2v) is 5.96. The molecule has 1 aromatic carbocycles. The predicted octanol–water partition coefficient (Wildman–Crippen LogP) is 2.34. The lowest BCUT2D eigenvalue weighted by Gasteiger charge is -2.23. The number of rotatable bonds is 9. The van der Waals surface area contributed by atoms with Crippen molar-refractivity contribution >= 4 is 5.91 Å². The van der Waals surface area contributed by atoms with Crippen molar-refractivity contribution in [3.63, 3.8) is 0 Å². The first-order valence-electron chi connectivity index (χ1n) is 8.47. The average Bonchev–Trinajstić information content (AvgIpc) is 3.03. The van der Waals surface area contributed by atoms with Crippen LogP contribution in [0.2, 0.25) is 0 Å². The van der Waals surface area contributed by atoms with Crippen molar-refractivity contribution in [3.05, 3.63) is 41.7 Å². The molecule has 0 spiro atoms. The van der Waals surface area contributed by atoms with Crippen molar-refractivity contribution in [2.24, 2.45) is 7.05 Å². The molecule has 0 aliphatic rings. The van der Waals surface area contributed by atoms with Gasteiger partial charge in [0.15, 0.2) is 11.5 Å². The number of aryl methyl sites for hydroxylation is 1. The molecule has 0 aliphatic heterocycles. The summed E-state index contributed by atoms with van der Waals surface area (Å²) < 4.78 is 36.5. The van der Waals surface area contributed by atoms with Crippen LogP contribution in [0.25, 0.3) is 0 Å². The fourth-order valence-electron chi connectivity index (χ4n) is 2.71. The predicted molar refractivity (Wildman–Crippen MR) is 95.7 cm³/mol. The van der Waals surface area contributed by atoms with Crippen LogP contribution in [-0.4, -0.2) is 47.9 Å². The van der Waals surface area contributed by atoms with Gasteiger partial charge in [0.25, 0.3) is 0 Å². The molecule has 1 amide bonds. The minimum absolute atomic E-state index is 0.0342. The fraction of sp³-hybridized carbons (Fsp3) is 0.444. The highest BCUT2D eigenvalue weighted by atomic mass is 19.3. The molecule has 1 unspecified atom stereocenters. The Hall–Kier alpha value is -2.68. The van der Waals surface area contributed by atoms with E-state index < -0.39 is 12.7 Å². The molecule has 7 nitrogen and oxygen atoms in total. The summed E-state index contributed by atoms with van der Waals surface area (Å²) in [5, 5.41) is 7.08. The van der Waals surface area contributed by atoms with Crippen LogP contribution in [-0.2, 0) is 18.4 Å². The maximum absolute atomic E-state index is 12.8. The summed E-state index contributed by atoms with van der Waals surface area (Å²) in [6.07, 6.45) is 3.41. The highest BCUT2D eigenvalue weighted by Gasteiger charge is 2.24. The first kappa shape index (κ1) is 20.6. The van der Waals surface area contributed by atoms with Crippen molar-refractivity contribution < 1.29 is 23.0 Å². The normalized spacial score (nSPS) is 12.1. The number of halogens is 2. The molecule has 0 saturated heterocycles. The number of hydrogen-bond donors (Lipinski definition) is 1. The Balaban J connectivity index is 2.14. The van der Waals surface area contributed by atoms with E-state index in [2.05, 4.69) is 15.2 Å². The van der Waals surface area contributed by atoms with E-state index in [9.17, 15) is 13.6 Å². The molecule has 2 rings (SSSR count). The van der Waals surface area contributed by atoms with Gasteiger partial charge < -0.3 is 19.7 Å². The Morgan fingerprint density at radius 1 is 1.37 bits per heavy atom. The molecule has 148 valence electrons. The first-order valence-corrected chi connectivity index (χ1v) is 8.47. The number of amides is 1. The number of hydrogen-bond acceptors (Lipinski definition) is 5. The van der Waals surface area contributed by atoms with Crippen molar-refractivity contribution in [2.45, 2.75) is 26.1 Å². The van der Waals surface area contributed by atoms with Crippen LogP contribution in [0.5, 0.6) is 11.5 Å². The van der Waals surface area contributed by atoms with E-state index in [1.54, 1.807) is 62.2 Å². The minimum atomic E-state index is -2.94. The lowest BCUT2D eigenvalue weighted by molar-refractivity contribution is -0.132. The number of carbonyl (C=O) groups is 1. The standard InChI is InChI=1S/C18H24F2N4O3/c1-5-26-15-8-12(6-7-14(15)27-18(19)20)10-23(3)17(25)16(21-2)13-9-22-24(4)11-13/h6-9,11,16,18,21H,5,10H2,1-4H3. The lowest BCUT2D eigenvalue weighted by Crippen LogP contribution is -2.37. The van der Waals surface area contributed by atoms with E-state index >= 15 is 0 Å². The molecule has 1 aromatic heterocycles. The third kappa shape index (κ3) is 5.40. The molecular formula is C18H24F2N4O3. The highest BCUT2D eigenvalue weighted by molar-refractivity contribution is 5.83. The molecule has 1 N–H and O–H groups in total. The lowest BCUT2D eigenvalue weighted by atomic mass is 10.1. The Kier molecular flexibility index (Phi) is 7.12. The Morgan fingerprint density at radius 3 is 2.67 bits per heavy atom. The molecule has 0 saturated carbocycles. The molecule has 0 radical (unpaired) electrons. The van der Waals surface area contributed by atoms with Gasteiger partial charge in [-0.1, -0.05) is 6.07 Å². The molecule has 9 heteroatoms. The number of benzene rings is 1. The van der Waals surface area contributed by atoms with E-state index in [1.165, 1.54) is 6.07 Å². The minimum Gasteiger partial charge on any atom is -0.490 e. The first-order chi connectivity index (χ1) is 12.8. The summed E-state index contributed by atoms with van der Waals surface area (Å²) >= 11 is 0. The van der Waals surface area contributed by atoms with Crippen molar-refractivity contribution in [2.75, 3.05) is 20.7 Å². The van der Waals surface area contributed by atoms with Crippen LogP contribution >= 0.6 is 0 Å². The third-order valence-corrected chi connectivity index (χ3v) is 3.91. The fourth-order valence-corrected chi connectivity index (χ4v) is 2.71. The number of likely N-dealkylation sites (N-methyl/N-ethyl adjacent to an activating group) is 2. The van der Waals surface area contributed by atoms with E-state index in [0.717, 1.165) is 11.1 Å². The molecule has 0 aliphatic carbocycles. The van der Waals surface area contributed by atoms with E-state index in [1.807, 2.05) is 0 Å². The quantitative estimate of drug-likeness (QED) is 0.721. The molecule has 27 heavy (non-hydrogen) atoms. The summed E-state index contributed by atoms with van der Waals surface area (Å²) in [4.78, 5) is 14.3. The zero-order chi connectivity index (χ0) is 20.0. The number of aromatic nitrogens is 2. The van der Waals surface area contributed by atoms with E-state index in [-0.39, 0.29) is 24.0 Å². The van der Waals surface area contributed by atoms with Gasteiger partial charge in [-0.25, -0.2) is 0 Å². The Morgan fingerprint density at radius 2 is 2.11 bits per heavy atom. The summed E-state index contributed by atoms with van der Waals surface area (Å²) in [6, 6.07) is 4.12. The van der Waals surface area contributed by atoms with Crippen molar-refractivity contribution in [1.29, 1.82) is 0 Å². The van der Waals surface area contributed by atoms with E-state index in [4.69, 9.17) is 4.74 Å². The second-order valence-electron chi connectivity index (χ2n) is 5.96. The van der Waals surface area contributed by atoms with Gasteiger partial charge in [0.1, 0.15) is 6.04 Å². The van der Waals surface area contributed by atoms with Gasteiger partial charge in [0.05, 0.1) is 12.8 Å². The Bertz CT molecular complexity index is 767. The molecule has 0 bridgehead atoms. The number of nitrogens with one attached hydrogen (secondary N) is 1. The monoisotopic (exact) mass is 382 g/mol.